The van der Waals surface area contributed by atoms with Crippen LogP contribution in [0.25, 0.3) is 5.69 Å². The maximum Gasteiger partial charge on any atom is 0.232 e. The van der Waals surface area contributed by atoms with Crippen molar-refractivity contribution >= 4 is 23.6 Å². The summed E-state index contributed by atoms with van der Waals surface area (Å²) < 4.78 is 7.53. The van der Waals surface area contributed by atoms with Gasteiger partial charge in [0, 0.05) is 19.1 Å². The highest BCUT2D eigenvalue weighted by molar-refractivity contribution is 7.99. The molecule has 1 N–H and O–H groups in total. The smallest absolute Gasteiger partial charge is 0.232 e. The van der Waals surface area contributed by atoms with Gasteiger partial charge >= 0.3 is 0 Å². The molecule has 0 radical (unpaired) electrons. The van der Waals surface area contributed by atoms with Gasteiger partial charge in [0.2, 0.25) is 11.9 Å². The van der Waals surface area contributed by atoms with E-state index in [1.165, 1.54) is 30.2 Å². The lowest BCUT2D eigenvalue weighted by Gasteiger charge is -2.28. The zero-order valence-corrected chi connectivity index (χ0v) is 17.2. The minimum Gasteiger partial charge on any atom is -0.378 e. The molecule has 2 aliphatic rings. The van der Waals surface area contributed by atoms with Crippen LogP contribution in [-0.2, 0) is 9.53 Å². The molecule has 1 aliphatic heterocycles. The lowest BCUT2D eigenvalue weighted by Crippen LogP contribution is -2.38. The number of thioether (sulfide) groups is 1. The fourth-order valence-corrected chi connectivity index (χ4v) is 4.21. The third kappa shape index (κ3) is 4.50. The monoisotopic (exact) mass is 401 g/mol. The fraction of sp³-hybridized carbons (Fsp3) is 0.550. The van der Waals surface area contributed by atoms with Gasteiger partial charge in [-0.25, -0.2) is 0 Å². The highest BCUT2D eigenvalue weighted by Gasteiger charge is 2.29. The maximum atomic E-state index is 12.4. The largest absolute Gasteiger partial charge is 0.378 e. The van der Waals surface area contributed by atoms with E-state index in [1.54, 1.807) is 0 Å². The van der Waals surface area contributed by atoms with Gasteiger partial charge in [0.15, 0.2) is 5.16 Å². The predicted molar refractivity (Wildman–Crippen MR) is 110 cm³/mol. The van der Waals surface area contributed by atoms with Crippen LogP contribution in [0.1, 0.15) is 25.3 Å². The molecule has 1 aromatic heterocycles. The molecule has 1 saturated carbocycles. The molecule has 4 rings (SSSR count). The Kier molecular flexibility index (Phi) is 5.87. The highest BCUT2D eigenvalue weighted by Crippen LogP contribution is 2.32. The minimum absolute atomic E-state index is 0.0520. The Morgan fingerprint density at radius 2 is 2.11 bits per heavy atom. The number of aryl methyl sites for hydroxylation is 1. The van der Waals surface area contributed by atoms with Gasteiger partial charge < -0.3 is 15.0 Å². The highest BCUT2D eigenvalue weighted by atomic mass is 32.2. The minimum atomic E-state index is 0.0520. The van der Waals surface area contributed by atoms with Crippen LogP contribution in [0.15, 0.2) is 29.4 Å². The van der Waals surface area contributed by atoms with Crippen LogP contribution in [0.3, 0.4) is 0 Å². The van der Waals surface area contributed by atoms with E-state index < -0.39 is 0 Å². The van der Waals surface area contributed by atoms with Crippen LogP contribution >= 0.6 is 11.8 Å². The van der Waals surface area contributed by atoms with Gasteiger partial charge in [-0.2, -0.15) is 0 Å². The van der Waals surface area contributed by atoms with Crippen molar-refractivity contribution in [2.75, 3.05) is 37.0 Å². The number of hydrogen-bond acceptors (Lipinski definition) is 6. The Morgan fingerprint density at radius 1 is 1.32 bits per heavy atom. The van der Waals surface area contributed by atoms with E-state index in [4.69, 9.17) is 4.74 Å². The van der Waals surface area contributed by atoms with Crippen molar-refractivity contribution < 1.29 is 9.53 Å². The van der Waals surface area contributed by atoms with E-state index in [0.29, 0.717) is 24.9 Å². The molecule has 0 bridgehead atoms. The number of hydrogen-bond donors (Lipinski definition) is 1. The zero-order chi connectivity index (χ0) is 19.5. The van der Waals surface area contributed by atoms with Gasteiger partial charge in [-0.1, -0.05) is 23.9 Å². The average Bonchev–Trinajstić information content (AvgIpc) is 3.47. The third-order valence-electron chi connectivity index (χ3n) is 5.22. The molecule has 1 aromatic carbocycles. The van der Waals surface area contributed by atoms with Crippen LogP contribution < -0.4 is 10.2 Å². The Bertz CT molecular complexity index is 830. The van der Waals surface area contributed by atoms with E-state index in [0.717, 1.165) is 29.9 Å². The van der Waals surface area contributed by atoms with Crippen LogP contribution in [-0.4, -0.2) is 58.8 Å². The summed E-state index contributed by atoms with van der Waals surface area (Å²) in [4.78, 5) is 14.5. The van der Waals surface area contributed by atoms with Gasteiger partial charge in [0.1, 0.15) is 0 Å². The second-order valence-electron chi connectivity index (χ2n) is 7.54. The first-order chi connectivity index (χ1) is 13.6. The number of nitrogens with one attached hydrogen (secondary N) is 1. The van der Waals surface area contributed by atoms with Crippen molar-refractivity contribution in [2.45, 2.75) is 37.9 Å². The lowest BCUT2D eigenvalue weighted by molar-refractivity contribution is -0.119. The summed E-state index contributed by atoms with van der Waals surface area (Å²) in [6.07, 6.45) is 2.44. The summed E-state index contributed by atoms with van der Waals surface area (Å²) in [5.41, 5.74) is 2.19. The number of morpholine rings is 1. The molecule has 2 heterocycles. The molecule has 2 fully saturated rings. The molecule has 150 valence electrons. The van der Waals surface area contributed by atoms with Crippen molar-refractivity contribution in [1.82, 2.24) is 20.1 Å². The maximum absolute atomic E-state index is 12.4. The summed E-state index contributed by atoms with van der Waals surface area (Å²) in [6, 6.07) is 8.53. The molecule has 7 nitrogen and oxygen atoms in total. The molecular weight excluding hydrogens is 374 g/mol. The van der Waals surface area contributed by atoms with Crippen molar-refractivity contribution in [3.8, 4) is 5.69 Å². The van der Waals surface area contributed by atoms with E-state index in [9.17, 15) is 4.79 Å². The number of benzene rings is 1. The van der Waals surface area contributed by atoms with E-state index in [2.05, 4.69) is 57.0 Å². The molecule has 1 unspecified atom stereocenters. The first-order valence-corrected chi connectivity index (χ1v) is 10.9. The Labute approximate surface area is 169 Å². The van der Waals surface area contributed by atoms with Gasteiger partial charge in [0.05, 0.1) is 24.7 Å². The van der Waals surface area contributed by atoms with Crippen LogP contribution in [0.5, 0.6) is 0 Å². The van der Waals surface area contributed by atoms with Crippen molar-refractivity contribution in [2.24, 2.45) is 5.92 Å². The second kappa shape index (κ2) is 8.53. The van der Waals surface area contributed by atoms with Gasteiger partial charge in [-0.3, -0.25) is 9.36 Å². The van der Waals surface area contributed by atoms with Crippen molar-refractivity contribution in [1.29, 1.82) is 0 Å². The van der Waals surface area contributed by atoms with Crippen LogP contribution in [0.4, 0.5) is 5.95 Å². The number of amides is 1. The fourth-order valence-electron chi connectivity index (χ4n) is 3.46. The first kappa shape index (κ1) is 19.3. The molecule has 1 amide bonds. The zero-order valence-electron chi connectivity index (χ0n) is 16.4. The number of carbonyl (C=O) groups excluding carboxylic acids is 1. The number of anilines is 1. The molecule has 2 aromatic rings. The summed E-state index contributed by atoms with van der Waals surface area (Å²) in [5, 5.41) is 12.7. The van der Waals surface area contributed by atoms with E-state index in [1.807, 2.05) is 6.07 Å². The molecular formula is C20H27N5O2S. The molecule has 0 spiro atoms. The van der Waals surface area contributed by atoms with E-state index in [-0.39, 0.29) is 11.9 Å². The molecule has 1 aliphatic carbocycles. The summed E-state index contributed by atoms with van der Waals surface area (Å²) >= 11 is 1.43. The molecule has 1 saturated heterocycles. The molecule has 1 atom stereocenters. The van der Waals surface area contributed by atoms with Gasteiger partial charge in [0.25, 0.3) is 0 Å². The topological polar surface area (TPSA) is 72.3 Å². The molecule has 28 heavy (non-hydrogen) atoms. The summed E-state index contributed by atoms with van der Waals surface area (Å²) in [6.45, 7) is 7.10. The normalized spacial score (nSPS) is 18.1. The Hall–Kier alpha value is -2.06. The quantitative estimate of drug-likeness (QED) is 0.719. The van der Waals surface area contributed by atoms with Crippen LogP contribution in [0.2, 0.25) is 0 Å². The van der Waals surface area contributed by atoms with Gasteiger partial charge in [-0.15, -0.1) is 10.2 Å². The number of rotatable bonds is 7. The Morgan fingerprint density at radius 3 is 2.82 bits per heavy atom. The summed E-state index contributed by atoms with van der Waals surface area (Å²) in [7, 11) is 0. The third-order valence-corrected chi connectivity index (χ3v) is 6.15. The standard InChI is InChI=1S/C20H27N5O2S/c1-14-4-3-5-17(12-14)25-19(24-8-10-27-11-9-24)22-23-20(25)28-13-18(26)21-15(2)16-6-7-16/h3-5,12,15-16H,6-11,13H2,1-2H3,(H,21,26). The summed E-state index contributed by atoms with van der Waals surface area (Å²) in [5.74, 6) is 1.85. The molecule has 8 heteroatoms. The SMILES string of the molecule is Cc1cccc(-n2c(SCC(=O)NC(C)C3CC3)nnc2N2CCOCC2)c1. The predicted octanol–water partition coefficient (Wildman–Crippen LogP) is 2.42. The van der Waals surface area contributed by atoms with Crippen LogP contribution in [0, 0.1) is 12.8 Å². The van der Waals surface area contributed by atoms with Gasteiger partial charge in [-0.05, 0) is 50.3 Å². The number of carbonyl (C=O) groups is 1. The lowest BCUT2D eigenvalue weighted by atomic mass is 10.2. The number of ether oxygens (including phenoxy) is 1. The average molecular weight is 402 g/mol. The second-order valence-corrected chi connectivity index (χ2v) is 8.48. The van der Waals surface area contributed by atoms with Crippen molar-refractivity contribution in [3.63, 3.8) is 0 Å². The number of nitrogens with zero attached hydrogens (tertiary/aromatic N) is 4. The van der Waals surface area contributed by atoms with Crippen molar-refractivity contribution in [3.05, 3.63) is 29.8 Å². The first-order valence-electron chi connectivity index (χ1n) is 9.89. The number of aromatic nitrogens is 3. The van der Waals surface area contributed by atoms with E-state index >= 15 is 0 Å². The Balaban J connectivity index is 1.54.